The van der Waals surface area contributed by atoms with Gasteiger partial charge in [-0.3, -0.25) is 4.79 Å². The molecule has 2 atom stereocenters. The van der Waals surface area contributed by atoms with Gasteiger partial charge < -0.3 is 4.90 Å². The summed E-state index contributed by atoms with van der Waals surface area (Å²) >= 11 is 0. The third-order valence-corrected chi connectivity index (χ3v) is 7.90. The van der Waals surface area contributed by atoms with Crippen LogP contribution in [0, 0.1) is 11.8 Å². The van der Waals surface area contributed by atoms with Gasteiger partial charge in [0.25, 0.3) is 0 Å². The number of alkyl halides is 5. The number of nitrogens with one attached hydrogen (secondary N) is 1. The summed E-state index contributed by atoms with van der Waals surface area (Å²) < 4.78 is 109. The number of carbonyl (C=O) groups is 1. The van der Waals surface area contributed by atoms with Gasteiger partial charge in [-0.2, -0.15) is 22.0 Å². The number of fused-ring (bicyclic) bond motifs is 1. The second-order valence-electron chi connectivity index (χ2n) is 6.40. The molecular formula is C12H17F5N2O5S2. The summed E-state index contributed by atoms with van der Waals surface area (Å²) in [5.74, 6) is -2.10. The molecule has 0 aromatic heterocycles. The van der Waals surface area contributed by atoms with Crippen molar-refractivity contribution in [2.24, 2.45) is 11.8 Å². The number of carbonyl (C=O) groups excluding carboxylic acids is 1. The first-order valence-electron chi connectivity index (χ1n) is 7.70. The molecule has 1 unspecified atom stereocenters. The van der Waals surface area contributed by atoms with E-state index in [1.807, 2.05) is 0 Å². The largest absolute Gasteiger partial charge is 0.512 e. The predicted molar refractivity (Wildman–Crippen MR) is 78.6 cm³/mol. The molecule has 1 saturated heterocycles. The first-order valence-corrected chi connectivity index (χ1v) is 10.7. The lowest BCUT2D eigenvalue weighted by Crippen LogP contribution is -2.57. The van der Waals surface area contributed by atoms with E-state index < -0.39 is 36.7 Å². The van der Waals surface area contributed by atoms with E-state index in [4.69, 9.17) is 0 Å². The fraction of sp³-hybridized carbons (Fsp3) is 0.917. The van der Waals surface area contributed by atoms with E-state index in [0.717, 1.165) is 19.3 Å². The lowest BCUT2D eigenvalue weighted by molar-refractivity contribution is -0.150. The lowest BCUT2D eigenvalue weighted by atomic mass is 9.75. The van der Waals surface area contributed by atoms with Gasteiger partial charge in [0.15, 0.2) is 0 Å². The van der Waals surface area contributed by atoms with Gasteiger partial charge >= 0.3 is 36.7 Å². The van der Waals surface area contributed by atoms with E-state index in [-0.39, 0.29) is 29.1 Å². The smallest absolute Gasteiger partial charge is 0.336 e. The minimum atomic E-state index is -6.61. The molecule has 152 valence electrons. The lowest BCUT2D eigenvalue weighted by Gasteiger charge is -2.41. The fourth-order valence-electron chi connectivity index (χ4n) is 3.33. The van der Waals surface area contributed by atoms with Crippen LogP contribution in [0.25, 0.3) is 0 Å². The number of hydrogen-bond acceptors (Lipinski definition) is 5. The maximum atomic E-state index is 14.0. The van der Waals surface area contributed by atoms with Crippen molar-refractivity contribution < 1.29 is 43.6 Å². The van der Waals surface area contributed by atoms with E-state index in [1.54, 1.807) is 0 Å². The summed E-state index contributed by atoms with van der Waals surface area (Å²) in [6.07, 6.45) is 3.73. The molecule has 1 amide bonds. The molecular weight excluding hydrogens is 411 g/mol. The van der Waals surface area contributed by atoms with Crippen molar-refractivity contribution in [3.8, 4) is 0 Å². The Kier molecular flexibility index (Phi) is 5.61. The van der Waals surface area contributed by atoms with Gasteiger partial charge in [-0.25, -0.2) is 16.8 Å². The number of rotatable bonds is 4. The highest BCUT2D eigenvalue weighted by molar-refractivity contribution is 8.05. The summed E-state index contributed by atoms with van der Waals surface area (Å²) in [6, 6.07) is 0. The Morgan fingerprint density at radius 1 is 0.885 bits per heavy atom. The van der Waals surface area contributed by atoms with Crippen molar-refractivity contribution in [1.29, 1.82) is 0 Å². The van der Waals surface area contributed by atoms with Crippen molar-refractivity contribution in [2.75, 3.05) is 13.1 Å². The van der Waals surface area contributed by atoms with E-state index in [9.17, 15) is 43.6 Å². The number of likely N-dealkylation sites (tertiary alicyclic amines) is 1. The highest BCUT2D eigenvalue weighted by atomic mass is 32.3. The fourth-order valence-corrected chi connectivity index (χ4v) is 5.64. The van der Waals surface area contributed by atoms with Crippen LogP contribution >= 0.6 is 0 Å². The molecule has 1 N–H and O–H groups in total. The molecule has 2 aliphatic rings. The zero-order valence-electron chi connectivity index (χ0n) is 13.3. The number of sulfonamides is 2. The van der Waals surface area contributed by atoms with Crippen molar-refractivity contribution in [1.82, 2.24) is 9.03 Å². The Labute approximate surface area is 147 Å². The molecule has 0 spiro atoms. The van der Waals surface area contributed by atoms with E-state index >= 15 is 0 Å². The van der Waals surface area contributed by atoms with Gasteiger partial charge in [-0.15, -0.1) is 0 Å². The molecule has 14 heteroatoms. The molecule has 0 radical (unpaired) electrons. The maximum Gasteiger partial charge on any atom is 0.512 e. The standard InChI is InChI=1S/C12H17F5N2O5S2/c13-11(14,25(21,22)18-26(23,24)12(15,16)17)10(20)19-6-5-8-3-1-2-4-9(8)7-19/h8-9,18H,1-7H2/t8?,9-/m1/s1. The van der Waals surface area contributed by atoms with Gasteiger partial charge in [0.05, 0.1) is 0 Å². The Balaban J connectivity index is 2.18. The Morgan fingerprint density at radius 2 is 1.42 bits per heavy atom. The zero-order chi connectivity index (χ0) is 20.0. The van der Waals surface area contributed by atoms with Crippen molar-refractivity contribution in [3.63, 3.8) is 0 Å². The van der Waals surface area contributed by atoms with Gasteiger partial charge in [-0.05, 0) is 24.7 Å². The van der Waals surface area contributed by atoms with Crippen LogP contribution in [0.1, 0.15) is 32.1 Å². The highest BCUT2D eigenvalue weighted by Gasteiger charge is 2.60. The normalized spacial score (nSPS) is 25.7. The highest BCUT2D eigenvalue weighted by Crippen LogP contribution is 2.37. The summed E-state index contributed by atoms with van der Waals surface area (Å²) in [4.78, 5) is 12.5. The monoisotopic (exact) mass is 428 g/mol. The molecule has 2 rings (SSSR count). The van der Waals surface area contributed by atoms with Gasteiger partial charge in [0.1, 0.15) is 0 Å². The minimum absolute atomic E-state index is 0.0889. The van der Waals surface area contributed by atoms with Crippen LogP contribution in [0.2, 0.25) is 0 Å². The third-order valence-electron chi connectivity index (χ3n) is 4.69. The molecule has 0 aromatic carbocycles. The van der Waals surface area contributed by atoms with Gasteiger partial charge in [0, 0.05) is 13.1 Å². The first kappa shape index (κ1) is 21.3. The van der Waals surface area contributed by atoms with Crippen LogP contribution in [0.5, 0.6) is 0 Å². The van der Waals surface area contributed by atoms with Crippen LogP contribution in [-0.4, -0.2) is 51.5 Å². The number of amides is 1. The van der Waals surface area contributed by atoms with E-state index in [1.165, 1.54) is 0 Å². The van der Waals surface area contributed by atoms with Crippen LogP contribution in [0.4, 0.5) is 22.0 Å². The quantitative estimate of drug-likeness (QED) is 0.682. The van der Waals surface area contributed by atoms with Crippen molar-refractivity contribution in [2.45, 2.75) is 42.9 Å². The topological polar surface area (TPSA) is 101 Å². The Bertz CT molecular complexity index is 765. The number of piperidine rings is 1. The molecule has 2 fully saturated rings. The maximum absolute atomic E-state index is 14.0. The van der Waals surface area contributed by atoms with Crippen molar-refractivity contribution >= 4 is 26.0 Å². The first-order chi connectivity index (χ1) is 11.7. The average molecular weight is 428 g/mol. The molecule has 26 heavy (non-hydrogen) atoms. The zero-order valence-corrected chi connectivity index (χ0v) is 14.9. The van der Waals surface area contributed by atoms with Gasteiger partial charge in [0.2, 0.25) is 0 Å². The van der Waals surface area contributed by atoms with Crippen LogP contribution < -0.4 is 4.13 Å². The van der Waals surface area contributed by atoms with E-state index in [0.29, 0.717) is 17.7 Å². The molecule has 1 aliphatic heterocycles. The van der Waals surface area contributed by atoms with Crippen molar-refractivity contribution in [3.05, 3.63) is 0 Å². The minimum Gasteiger partial charge on any atom is -0.336 e. The molecule has 7 nitrogen and oxygen atoms in total. The van der Waals surface area contributed by atoms with Gasteiger partial charge in [-0.1, -0.05) is 23.4 Å². The third kappa shape index (κ3) is 3.96. The average Bonchev–Trinajstić information content (AvgIpc) is 2.51. The summed E-state index contributed by atoms with van der Waals surface area (Å²) in [6.45, 7) is -0.308. The summed E-state index contributed by atoms with van der Waals surface area (Å²) in [5, 5.41) is -5.35. The molecule has 0 aromatic rings. The van der Waals surface area contributed by atoms with Crippen LogP contribution in [0.15, 0.2) is 0 Å². The number of halogens is 5. The predicted octanol–water partition coefficient (Wildman–Crippen LogP) is 1.39. The van der Waals surface area contributed by atoms with E-state index in [2.05, 4.69) is 0 Å². The summed E-state index contributed by atoms with van der Waals surface area (Å²) in [5.41, 5.74) is -6.13. The Hall–Kier alpha value is -1.02. The molecule has 1 aliphatic carbocycles. The number of nitrogens with zero attached hydrogens (tertiary/aromatic N) is 1. The molecule has 1 heterocycles. The second kappa shape index (κ2) is 6.86. The number of hydrogen-bond donors (Lipinski definition) is 1. The summed E-state index contributed by atoms with van der Waals surface area (Å²) in [7, 11) is -13.1. The second-order valence-corrected chi connectivity index (χ2v) is 10.1. The molecule has 1 saturated carbocycles. The van der Waals surface area contributed by atoms with Crippen LogP contribution in [0.3, 0.4) is 0 Å². The van der Waals surface area contributed by atoms with Crippen LogP contribution in [-0.2, 0) is 24.8 Å². The Morgan fingerprint density at radius 3 is 1.96 bits per heavy atom. The SMILES string of the molecule is O=C(N1CCC2CCCC[C@@H]2C1)C(F)(F)S(=O)(=O)NS(=O)(=O)C(F)(F)F. The molecule has 0 bridgehead atoms.